The van der Waals surface area contributed by atoms with Gasteiger partial charge < -0.3 is 4.98 Å². The van der Waals surface area contributed by atoms with Crippen molar-refractivity contribution >= 4 is 22.1 Å². The first-order valence-electron chi connectivity index (χ1n) is 5.17. The molecule has 0 aromatic carbocycles. The highest BCUT2D eigenvalue weighted by molar-refractivity contribution is 7.91. The van der Waals surface area contributed by atoms with Crippen molar-refractivity contribution in [2.24, 2.45) is 0 Å². The molecule has 16 heavy (non-hydrogen) atoms. The molecule has 0 amide bonds. The van der Waals surface area contributed by atoms with Crippen LogP contribution in [0.25, 0.3) is 0 Å². The number of H-pyrrole nitrogens is 1. The fourth-order valence-corrected chi connectivity index (χ4v) is 3.87. The highest BCUT2D eigenvalue weighted by Gasteiger charge is 2.30. The van der Waals surface area contributed by atoms with Crippen LogP contribution in [0.4, 0.5) is 0 Å². The zero-order valence-corrected chi connectivity index (χ0v) is 10.9. The summed E-state index contributed by atoms with van der Waals surface area (Å²) in [5, 5.41) is 0. The van der Waals surface area contributed by atoms with Crippen molar-refractivity contribution in [3.05, 3.63) is 21.7 Å². The van der Waals surface area contributed by atoms with Crippen molar-refractivity contribution in [3.63, 3.8) is 0 Å². The normalized spacial score (nSPS) is 23.5. The summed E-state index contributed by atoms with van der Waals surface area (Å²) < 4.78 is 23.3. The third-order valence-electron chi connectivity index (χ3n) is 3.04. The van der Waals surface area contributed by atoms with E-state index in [1.165, 1.54) is 0 Å². The van der Waals surface area contributed by atoms with Crippen molar-refractivity contribution < 1.29 is 8.42 Å². The first-order valence-corrected chi connectivity index (χ1v) is 7.40. The summed E-state index contributed by atoms with van der Waals surface area (Å²) in [5.74, 6) is 1.14. The van der Waals surface area contributed by atoms with Gasteiger partial charge in [-0.2, -0.15) is 0 Å². The Balaban J connectivity index is 2.40. The molecule has 1 fully saturated rings. The number of hydrogen-bond acceptors (Lipinski definition) is 4. The van der Waals surface area contributed by atoms with Crippen LogP contribution in [0.3, 0.4) is 0 Å². The van der Waals surface area contributed by atoms with Gasteiger partial charge in [0.15, 0.2) is 9.84 Å². The molecule has 0 radical (unpaired) electrons. The first-order chi connectivity index (χ1) is 7.39. The second-order valence-electron chi connectivity index (χ2n) is 4.28. The Morgan fingerprint density at radius 2 is 2.12 bits per heavy atom. The minimum Gasteiger partial charge on any atom is -0.347 e. The topological polar surface area (TPSA) is 62.8 Å². The molecule has 4 nitrogen and oxygen atoms in total. The minimum absolute atomic E-state index is 0.0222. The number of nitrogens with one attached hydrogen (secondary N) is 1. The molecular weight excluding hydrogens is 244 g/mol. The van der Waals surface area contributed by atoms with Crippen molar-refractivity contribution in [1.29, 1.82) is 0 Å². The van der Waals surface area contributed by atoms with Gasteiger partial charge in [0.05, 0.1) is 11.5 Å². The van der Waals surface area contributed by atoms with Gasteiger partial charge >= 0.3 is 0 Å². The number of rotatable bonds is 1. The maximum Gasteiger partial charge on any atom is 0.151 e. The maximum absolute atomic E-state index is 11.4. The third kappa shape index (κ3) is 2.17. The van der Waals surface area contributed by atoms with E-state index in [0.717, 1.165) is 11.3 Å². The van der Waals surface area contributed by atoms with Crippen LogP contribution in [0.5, 0.6) is 0 Å². The molecule has 1 unspecified atom stereocenters. The Hall–Kier alpha value is -0.750. The van der Waals surface area contributed by atoms with Crippen molar-refractivity contribution in [2.75, 3.05) is 11.5 Å². The summed E-state index contributed by atoms with van der Waals surface area (Å²) in [6, 6.07) is 0. The molecule has 0 spiro atoms. The average Bonchev–Trinajstić information content (AvgIpc) is 2.54. The summed E-state index contributed by atoms with van der Waals surface area (Å²) in [6.07, 6.45) is 0.642. The van der Waals surface area contributed by atoms with E-state index >= 15 is 0 Å². The van der Waals surface area contributed by atoms with Gasteiger partial charge in [-0.25, -0.2) is 13.4 Å². The molecule has 1 saturated heterocycles. The van der Waals surface area contributed by atoms with Gasteiger partial charge in [-0.15, -0.1) is 0 Å². The highest BCUT2D eigenvalue weighted by atomic mass is 32.2. The zero-order valence-electron chi connectivity index (χ0n) is 9.28. The lowest BCUT2D eigenvalue weighted by molar-refractivity contribution is 0.601. The molecule has 1 aliphatic rings. The van der Waals surface area contributed by atoms with Crippen LogP contribution in [0.15, 0.2) is 0 Å². The average molecular weight is 258 g/mol. The van der Waals surface area contributed by atoms with Gasteiger partial charge in [-0.1, -0.05) is 12.2 Å². The molecule has 2 heterocycles. The van der Waals surface area contributed by atoms with E-state index in [4.69, 9.17) is 12.2 Å². The van der Waals surface area contributed by atoms with E-state index < -0.39 is 9.84 Å². The van der Waals surface area contributed by atoms with Crippen molar-refractivity contribution in [1.82, 2.24) is 9.97 Å². The van der Waals surface area contributed by atoms with Crippen LogP contribution < -0.4 is 0 Å². The molecule has 1 atom stereocenters. The number of aromatic amines is 1. The standard InChI is InChI=1S/C10H14N2O2S2/c1-6-7(2)11-9(12-10(6)15)8-3-4-16(13,14)5-8/h8H,3-5H2,1-2H3,(H,11,12,15). The lowest BCUT2D eigenvalue weighted by Crippen LogP contribution is -2.09. The van der Waals surface area contributed by atoms with Gasteiger partial charge in [-0.3, -0.25) is 0 Å². The summed E-state index contributed by atoms with van der Waals surface area (Å²) in [6.45, 7) is 3.84. The van der Waals surface area contributed by atoms with Gasteiger partial charge in [0.1, 0.15) is 10.5 Å². The van der Waals surface area contributed by atoms with Crippen molar-refractivity contribution in [2.45, 2.75) is 26.2 Å². The van der Waals surface area contributed by atoms with Crippen LogP contribution in [0.2, 0.25) is 0 Å². The quantitative estimate of drug-likeness (QED) is 0.778. The third-order valence-corrected chi connectivity index (χ3v) is 5.21. The Labute approximate surface area is 100 Å². The van der Waals surface area contributed by atoms with E-state index in [1.807, 2.05) is 13.8 Å². The maximum atomic E-state index is 11.4. The first kappa shape index (κ1) is 11.7. The van der Waals surface area contributed by atoms with E-state index in [0.29, 0.717) is 16.9 Å². The lowest BCUT2D eigenvalue weighted by atomic mass is 10.1. The van der Waals surface area contributed by atoms with Crippen LogP contribution in [-0.4, -0.2) is 29.9 Å². The van der Waals surface area contributed by atoms with Gasteiger partial charge in [0.2, 0.25) is 0 Å². The number of hydrogen-bond donors (Lipinski definition) is 1. The fourth-order valence-electron chi connectivity index (χ4n) is 1.87. The smallest absolute Gasteiger partial charge is 0.151 e. The predicted molar refractivity (Wildman–Crippen MR) is 64.9 cm³/mol. The minimum atomic E-state index is -2.87. The molecule has 1 aliphatic heterocycles. The predicted octanol–water partition coefficient (Wildman–Crippen LogP) is 1.66. The molecule has 1 aromatic rings. The fraction of sp³-hybridized carbons (Fsp3) is 0.600. The van der Waals surface area contributed by atoms with Crippen LogP contribution >= 0.6 is 12.2 Å². The van der Waals surface area contributed by atoms with Gasteiger partial charge in [-0.05, 0) is 20.3 Å². The van der Waals surface area contributed by atoms with E-state index in [-0.39, 0.29) is 17.4 Å². The molecular formula is C10H14N2O2S2. The largest absolute Gasteiger partial charge is 0.347 e. The molecule has 0 aliphatic carbocycles. The second-order valence-corrected chi connectivity index (χ2v) is 6.89. The molecule has 2 rings (SSSR count). The second kappa shape index (κ2) is 3.92. The number of nitrogens with zero attached hydrogens (tertiary/aromatic N) is 1. The molecule has 1 aromatic heterocycles. The molecule has 6 heteroatoms. The number of sulfone groups is 1. The Morgan fingerprint density at radius 1 is 1.44 bits per heavy atom. The van der Waals surface area contributed by atoms with Crippen LogP contribution in [0.1, 0.15) is 29.4 Å². The van der Waals surface area contributed by atoms with E-state index in [9.17, 15) is 8.42 Å². The molecule has 88 valence electrons. The molecule has 1 N–H and O–H groups in total. The summed E-state index contributed by atoms with van der Waals surface area (Å²) in [5.41, 5.74) is 1.93. The lowest BCUT2D eigenvalue weighted by Gasteiger charge is -2.09. The Morgan fingerprint density at radius 3 is 2.62 bits per heavy atom. The summed E-state index contributed by atoms with van der Waals surface area (Å²) in [7, 11) is -2.87. The Bertz CT molecular complexity index is 575. The van der Waals surface area contributed by atoms with E-state index in [2.05, 4.69) is 9.97 Å². The van der Waals surface area contributed by atoms with Crippen molar-refractivity contribution in [3.8, 4) is 0 Å². The van der Waals surface area contributed by atoms with E-state index in [1.54, 1.807) is 0 Å². The SMILES string of the molecule is Cc1[nH]c(C2CCS(=O)(=O)C2)nc(=S)c1C. The molecule has 0 saturated carbocycles. The zero-order chi connectivity index (χ0) is 11.9. The monoisotopic (exact) mass is 258 g/mol. The van der Waals surface area contributed by atoms with Gasteiger partial charge in [0.25, 0.3) is 0 Å². The van der Waals surface area contributed by atoms with Crippen LogP contribution in [-0.2, 0) is 9.84 Å². The van der Waals surface area contributed by atoms with Gasteiger partial charge in [0, 0.05) is 17.2 Å². The molecule has 0 bridgehead atoms. The number of aryl methyl sites for hydroxylation is 1. The number of aromatic nitrogens is 2. The summed E-state index contributed by atoms with van der Waals surface area (Å²) >= 11 is 5.14. The summed E-state index contributed by atoms with van der Waals surface area (Å²) in [4.78, 5) is 7.43. The highest BCUT2D eigenvalue weighted by Crippen LogP contribution is 2.26. The Kier molecular flexibility index (Phi) is 2.88. The van der Waals surface area contributed by atoms with Crippen LogP contribution in [0, 0.1) is 18.5 Å².